The minimum Gasteiger partial charge on any atom is -0.376 e. The molecule has 1 aromatic rings. The topological polar surface area (TPSA) is 47.6 Å². The zero-order valence-corrected chi connectivity index (χ0v) is 13.9. The summed E-state index contributed by atoms with van der Waals surface area (Å²) in [5.41, 5.74) is -0.459. The van der Waals surface area contributed by atoms with Gasteiger partial charge in [0.15, 0.2) is 6.10 Å². The third-order valence-corrected chi connectivity index (χ3v) is 5.07. The lowest BCUT2D eigenvalue weighted by Crippen LogP contribution is -2.47. The molecule has 1 aromatic carbocycles. The van der Waals surface area contributed by atoms with Crippen molar-refractivity contribution in [3.8, 4) is 0 Å². The Bertz CT molecular complexity index is 606. The summed E-state index contributed by atoms with van der Waals surface area (Å²) in [4.78, 5) is 12.3. The monoisotopic (exact) mass is 357 g/mol. The highest BCUT2D eigenvalue weighted by atomic mass is 19.4. The van der Waals surface area contributed by atoms with E-state index in [4.69, 9.17) is 9.47 Å². The summed E-state index contributed by atoms with van der Waals surface area (Å²) in [6, 6.07) is 5.47. The van der Waals surface area contributed by atoms with E-state index in [0.29, 0.717) is 25.3 Å². The first kappa shape index (κ1) is 18.2. The van der Waals surface area contributed by atoms with Crippen LogP contribution in [0.15, 0.2) is 24.3 Å². The Morgan fingerprint density at radius 3 is 2.64 bits per heavy atom. The van der Waals surface area contributed by atoms with E-state index in [2.05, 4.69) is 5.32 Å². The molecule has 1 amide bonds. The molecule has 0 bridgehead atoms. The second kappa shape index (κ2) is 7.33. The predicted molar refractivity (Wildman–Crippen MR) is 85.2 cm³/mol. The van der Waals surface area contributed by atoms with Gasteiger partial charge in [0.2, 0.25) is 0 Å². The van der Waals surface area contributed by atoms with Gasteiger partial charge in [-0.2, -0.15) is 13.2 Å². The second-order valence-electron chi connectivity index (χ2n) is 6.72. The molecule has 138 valence electrons. The molecule has 7 heteroatoms. The Morgan fingerprint density at radius 2 is 2.00 bits per heavy atom. The molecule has 0 unspecified atom stereocenters. The number of halogens is 3. The van der Waals surface area contributed by atoms with E-state index in [-0.39, 0.29) is 12.5 Å². The molecule has 25 heavy (non-hydrogen) atoms. The van der Waals surface area contributed by atoms with Crippen molar-refractivity contribution in [3.63, 3.8) is 0 Å². The maximum atomic E-state index is 13.0. The van der Waals surface area contributed by atoms with Crippen LogP contribution in [0.3, 0.4) is 0 Å². The van der Waals surface area contributed by atoms with Gasteiger partial charge >= 0.3 is 6.18 Å². The zero-order valence-electron chi connectivity index (χ0n) is 13.9. The Labute approximate surface area is 144 Å². The van der Waals surface area contributed by atoms with E-state index in [9.17, 15) is 18.0 Å². The maximum Gasteiger partial charge on any atom is 0.416 e. The van der Waals surface area contributed by atoms with Crippen molar-refractivity contribution in [1.82, 2.24) is 5.32 Å². The fourth-order valence-corrected chi connectivity index (χ4v) is 3.65. The first-order valence-corrected chi connectivity index (χ1v) is 8.56. The van der Waals surface area contributed by atoms with Crippen molar-refractivity contribution in [3.05, 3.63) is 35.4 Å². The number of rotatable bonds is 4. The summed E-state index contributed by atoms with van der Waals surface area (Å²) in [7, 11) is 0. The smallest absolute Gasteiger partial charge is 0.376 e. The Kier molecular flexibility index (Phi) is 5.34. The van der Waals surface area contributed by atoms with Gasteiger partial charge in [-0.1, -0.05) is 31.0 Å². The standard InChI is InChI=1S/C18H22F3NO3/c19-18(20,21)14-5-3-4-13(10-14)17(6-1-2-7-17)12-22-16(23)15-11-24-8-9-25-15/h3-5,10,15H,1-2,6-9,11-12H2,(H,22,23)/t15-/m0/s1. The first-order chi connectivity index (χ1) is 11.9. The average Bonchev–Trinajstić information content (AvgIpc) is 3.10. The summed E-state index contributed by atoms with van der Waals surface area (Å²) >= 11 is 0. The van der Waals surface area contributed by atoms with E-state index >= 15 is 0 Å². The van der Waals surface area contributed by atoms with Crippen molar-refractivity contribution in [2.24, 2.45) is 0 Å². The van der Waals surface area contributed by atoms with Crippen LogP contribution in [0.5, 0.6) is 0 Å². The Balaban J connectivity index is 1.74. The number of benzene rings is 1. The van der Waals surface area contributed by atoms with Crippen molar-refractivity contribution in [1.29, 1.82) is 0 Å². The van der Waals surface area contributed by atoms with Crippen molar-refractivity contribution in [2.75, 3.05) is 26.4 Å². The number of carbonyl (C=O) groups is 1. The summed E-state index contributed by atoms with van der Waals surface area (Å²) < 4.78 is 49.7. The van der Waals surface area contributed by atoms with Gasteiger partial charge in [0, 0.05) is 12.0 Å². The first-order valence-electron chi connectivity index (χ1n) is 8.56. The highest BCUT2D eigenvalue weighted by Crippen LogP contribution is 2.42. The molecule has 4 nitrogen and oxygen atoms in total. The highest BCUT2D eigenvalue weighted by molar-refractivity contribution is 5.81. The highest BCUT2D eigenvalue weighted by Gasteiger charge is 2.39. The summed E-state index contributed by atoms with van der Waals surface area (Å²) in [5, 5.41) is 2.87. The summed E-state index contributed by atoms with van der Waals surface area (Å²) in [5.74, 6) is -0.266. The maximum absolute atomic E-state index is 13.0. The van der Waals surface area contributed by atoms with Crippen molar-refractivity contribution >= 4 is 5.91 Å². The lowest BCUT2D eigenvalue weighted by molar-refractivity contribution is -0.147. The molecule has 0 radical (unpaired) electrons. The van der Waals surface area contributed by atoms with Crippen LogP contribution < -0.4 is 5.32 Å². The predicted octanol–water partition coefficient (Wildman–Crippen LogP) is 3.05. The molecule has 1 N–H and O–H groups in total. The lowest BCUT2D eigenvalue weighted by Gasteiger charge is -2.32. The Hall–Kier alpha value is -1.60. The molecule has 1 heterocycles. The molecule has 1 aliphatic heterocycles. The normalized spacial score (nSPS) is 23.4. The lowest BCUT2D eigenvalue weighted by atomic mass is 9.78. The van der Waals surface area contributed by atoms with E-state index in [1.54, 1.807) is 6.07 Å². The van der Waals surface area contributed by atoms with E-state index in [0.717, 1.165) is 31.7 Å². The van der Waals surface area contributed by atoms with Gasteiger partial charge in [-0.3, -0.25) is 4.79 Å². The molecule has 0 spiro atoms. The van der Waals surface area contributed by atoms with Crippen molar-refractivity contribution < 1.29 is 27.4 Å². The van der Waals surface area contributed by atoms with Crippen LogP contribution in [-0.2, 0) is 25.9 Å². The minimum atomic E-state index is -4.37. The van der Waals surface area contributed by atoms with Crippen LogP contribution in [0.4, 0.5) is 13.2 Å². The fraction of sp³-hybridized carbons (Fsp3) is 0.611. The fourth-order valence-electron chi connectivity index (χ4n) is 3.65. The van der Waals surface area contributed by atoms with Gasteiger partial charge in [-0.15, -0.1) is 0 Å². The molecule has 0 aromatic heterocycles. The van der Waals surface area contributed by atoms with Crippen LogP contribution in [-0.4, -0.2) is 38.4 Å². The third-order valence-electron chi connectivity index (χ3n) is 5.07. The second-order valence-corrected chi connectivity index (χ2v) is 6.72. The largest absolute Gasteiger partial charge is 0.416 e. The number of ether oxygens (including phenoxy) is 2. The minimum absolute atomic E-state index is 0.211. The van der Waals surface area contributed by atoms with Gasteiger partial charge in [0.1, 0.15) is 0 Å². The van der Waals surface area contributed by atoms with E-state index < -0.39 is 23.3 Å². The van der Waals surface area contributed by atoms with Gasteiger partial charge < -0.3 is 14.8 Å². The molecular formula is C18H22F3NO3. The quantitative estimate of drug-likeness (QED) is 0.901. The molecule has 3 rings (SSSR count). The van der Waals surface area contributed by atoms with Crippen LogP contribution in [0.1, 0.15) is 36.8 Å². The van der Waals surface area contributed by atoms with E-state index in [1.807, 2.05) is 0 Å². The number of hydrogen-bond acceptors (Lipinski definition) is 3. The molecule has 1 atom stereocenters. The number of nitrogens with one attached hydrogen (secondary N) is 1. The number of amides is 1. The number of alkyl halides is 3. The Morgan fingerprint density at radius 1 is 1.24 bits per heavy atom. The van der Waals surface area contributed by atoms with Crippen LogP contribution >= 0.6 is 0 Å². The number of carbonyl (C=O) groups excluding carboxylic acids is 1. The zero-order chi connectivity index (χ0) is 17.9. The van der Waals surface area contributed by atoms with E-state index in [1.165, 1.54) is 12.1 Å². The van der Waals surface area contributed by atoms with Gasteiger partial charge in [-0.25, -0.2) is 0 Å². The van der Waals surface area contributed by atoms with Gasteiger partial charge in [-0.05, 0) is 24.5 Å². The SMILES string of the molecule is O=C(NCC1(c2cccc(C(F)(F)F)c2)CCCC1)[C@@H]1COCCO1. The van der Waals surface area contributed by atoms with Crippen LogP contribution in [0, 0.1) is 0 Å². The molecule has 2 fully saturated rings. The average molecular weight is 357 g/mol. The van der Waals surface area contributed by atoms with Gasteiger partial charge in [0.25, 0.3) is 5.91 Å². The molecule has 1 aliphatic carbocycles. The molecule has 1 saturated carbocycles. The molecule has 1 saturated heterocycles. The van der Waals surface area contributed by atoms with Gasteiger partial charge in [0.05, 0.1) is 25.4 Å². The number of hydrogen-bond donors (Lipinski definition) is 1. The summed E-state index contributed by atoms with van der Waals surface area (Å²) in [6.07, 6.45) is -1.61. The molecule has 2 aliphatic rings. The summed E-state index contributed by atoms with van der Waals surface area (Å²) in [6.45, 7) is 1.37. The third kappa shape index (κ3) is 4.15. The van der Waals surface area contributed by atoms with Crippen LogP contribution in [0.2, 0.25) is 0 Å². The molecular weight excluding hydrogens is 335 g/mol. The van der Waals surface area contributed by atoms with Crippen molar-refractivity contribution in [2.45, 2.75) is 43.4 Å². The van der Waals surface area contributed by atoms with Crippen LogP contribution in [0.25, 0.3) is 0 Å².